The Hall–Kier alpha value is -1.43. The molecule has 0 amide bonds. The SMILES string of the molecule is Cn1ncc2ccc(C(O)C(O)CN)cc21. The molecule has 0 aliphatic carbocycles. The molecule has 16 heavy (non-hydrogen) atoms. The maximum absolute atomic E-state index is 9.82. The Balaban J connectivity index is 2.41. The van der Waals surface area contributed by atoms with E-state index in [4.69, 9.17) is 5.73 Å². The predicted molar refractivity (Wildman–Crippen MR) is 60.7 cm³/mol. The van der Waals surface area contributed by atoms with Gasteiger partial charge < -0.3 is 15.9 Å². The van der Waals surface area contributed by atoms with Crippen molar-refractivity contribution in [2.75, 3.05) is 6.54 Å². The summed E-state index contributed by atoms with van der Waals surface area (Å²) >= 11 is 0. The molecule has 0 aliphatic rings. The highest BCUT2D eigenvalue weighted by Gasteiger charge is 2.17. The molecule has 2 unspecified atom stereocenters. The van der Waals surface area contributed by atoms with E-state index < -0.39 is 12.2 Å². The van der Waals surface area contributed by atoms with E-state index in [2.05, 4.69) is 5.10 Å². The largest absolute Gasteiger partial charge is 0.389 e. The molecule has 5 heteroatoms. The first-order chi connectivity index (χ1) is 7.63. The van der Waals surface area contributed by atoms with Crippen LogP contribution in [0.5, 0.6) is 0 Å². The zero-order valence-electron chi connectivity index (χ0n) is 9.04. The first kappa shape index (κ1) is 11.1. The molecule has 0 radical (unpaired) electrons. The van der Waals surface area contributed by atoms with Crippen molar-refractivity contribution in [2.24, 2.45) is 12.8 Å². The van der Waals surface area contributed by atoms with Crippen LogP contribution in [-0.2, 0) is 7.05 Å². The standard InChI is InChI=1S/C11H15N3O2/c1-14-9-4-7(11(16)10(15)5-12)2-3-8(9)6-13-14/h2-4,6,10-11,15-16H,5,12H2,1H3. The number of nitrogens with zero attached hydrogens (tertiary/aromatic N) is 2. The van der Waals surface area contributed by atoms with Gasteiger partial charge in [-0.2, -0.15) is 5.10 Å². The molecule has 1 heterocycles. The third-order valence-corrected chi connectivity index (χ3v) is 2.72. The number of hydrogen-bond acceptors (Lipinski definition) is 4. The first-order valence-corrected chi connectivity index (χ1v) is 5.11. The fourth-order valence-electron chi connectivity index (χ4n) is 1.70. The summed E-state index contributed by atoms with van der Waals surface area (Å²) in [4.78, 5) is 0. The summed E-state index contributed by atoms with van der Waals surface area (Å²) in [6.45, 7) is 0.0323. The normalized spacial score (nSPS) is 15.2. The van der Waals surface area contributed by atoms with Crippen molar-refractivity contribution in [2.45, 2.75) is 12.2 Å². The molecule has 0 saturated heterocycles. The van der Waals surface area contributed by atoms with Crippen LogP contribution in [-0.4, -0.2) is 32.6 Å². The lowest BCUT2D eigenvalue weighted by Crippen LogP contribution is -2.27. The molecule has 1 aromatic carbocycles. The van der Waals surface area contributed by atoms with Crippen molar-refractivity contribution in [3.8, 4) is 0 Å². The van der Waals surface area contributed by atoms with E-state index in [1.807, 2.05) is 19.2 Å². The zero-order chi connectivity index (χ0) is 11.7. The van der Waals surface area contributed by atoms with Crippen molar-refractivity contribution >= 4 is 10.9 Å². The van der Waals surface area contributed by atoms with Crippen molar-refractivity contribution in [3.63, 3.8) is 0 Å². The smallest absolute Gasteiger partial charge is 0.106 e. The number of aliphatic hydroxyl groups is 2. The van der Waals surface area contributed by atoms with E-state index >= 15 is 0 Å². The van der Waals surface area contributed by atoms with E-state index in [1.165, 1.54) is 0 Å². The fourth-order valence-corrected chi connectivity index (χ4v) is 1.70. The average Bonchev–Trinajstić information content (AvgIpc) is 2.68. The minimum atomic E-state index is -0.954. The maximum atomic E-state index is 9.82. The molecular formula is C11H15N3O2. The minimum absolute atomic E-state index is 0.0323. The number of fused-ring (bicyclic) bond motifs is 1. The quantitative estimate of drug-likeness (QED) is 0.677. The zero-order valence-corrected chi connectivity index (χ0v) is 9.04. The Kier molecular flexibility index (Phi) is 2.91. The van der Waals surface area contributed by atoms with Gasteiger partial charge in [0, 0.05) is 19.0 Å². The summed E-state index contributed by atoms with van der Waals surface area (Å²) in [5.74, 6) is 0. The van der Waals surface area contributed by atoms with Gasteiger partial charge in [-0.15, -0.1) is 0 Å². The second-order valence-corrected chi connectivity index (χ2v) is 3.83. The summed E-state index contributed by atoms with van der Waals surface area (Å²) in [5, 5.41) is 24.4. The Morgan fingerprint density at radius 3 is 2.88 bits per heavy atom. The summed E-state index contributed by atoms with van der Waals surface area (Å²) < 4.78 is 1.72. The highest BCUT2D eigenvalue weighted by Crippen LogP contribution is 2.21. The number of aliphatic hydroxyl groups excluding tert-OH is 2. The maximum Gasteiger partial charge on any atom is 0.106 e. The van der Waals surface area contributed by atoms with Gasteiger partial charge >= 0.3 is 0 Å². The number of aryl methyl sites for hydroxylation is 1. The van der Waals surface area contributed by atoms with E-state index in [0.29, 0.717) is 5.56 Å². The molecule has 5 nitrogen and oxygen atoms in total. The summed E-state index contributed by atoms with van der Waals surface area (Å²) in [6, 6.07) is 5.45. The monoisotopic (exact) mass is 221 g/mol. The minimum Gasteiger partial charge on any atom is -0.389 e. The molecule has 0 saturated carbocycles. The Morgan fingerprint density at radius 2 is 2.19 bits per heavy atom. The summed E-state index contributed by atoms with van der Waals surface area (Å²) in [6.07, 6.45) is -0.139. The second kappa shape index (κ2) is 4.21. The van der Waals surface area contributed by atoms with Crippen LogP contribution in [0.25, 0.3) is 10.9 Å². The van der Waals surface area contributed by atoms with Gasteiger partial charge in [-0.05, 0) is 11.6 Å². The highest BCUT2D eigenvalue weighted by molar-refractivity contribution is 5.79. The number of rotatable bonds is 3. The molecule has 1 aromatic heterocycles. The van der Waals surface area contributed by atoms with E-state index in [-0.39, 0.29) is 6.54 Å². The van der Waals surface area contributed by atoms with Gasteiger partial charge in [-0.25, -0.2) is 0 Å². The van der Waals surface area contributed by atoms with E-state index in [1.54, 1.807) is 16.9 Å². The Labute approximate surface area is 93.1 Å². The third-order valence-electron chi connectivity index (χ3n) is 2.72. The molecule has 2 rings (SSSR count). The van der Waals surface area contributed by atoms with Crippen molar-refractivity contribution in [3.05, 3.63) is 30.0 Å². The first-order valence-electron chi connectivity index (χ1n) is 5.11. The van der Waals surface area contributed by atoms with E-state index in [9.17, 15) is 10.2 Å². The number of hydrogen-bond donors (Lipinski definition) is 3. The van der Waals surface area contributed by atoms with Crippen LogP contribution in [0.1, 0.15) is 11.7 Å². The second-order valence-electron chi connectivity index (χ2n) is 3.83. The highest BCUT2D eigenvalue weighted by atomic mass is 16.3. The third kappa shape index (κ3) is 1.80. The Bertz CT molecular complexity index is 495. The number of aromatic nitrogens is 2. The lowest BCUT2D eigenvalue weighted by Gasteiger charge is -2.16. The molecule has 2 atom stereocenters. The molecule has 86 valence electrons. The van der Waals surface area contributed by atoms with Crippen molar-refractivity contribution < 1.29 is 10.2 Å². The van der Waals surface area contributed by atoms with Crippen LogP contribution >= 0.6 is 0 Å². The fraction of sp³-hybridized carbons (Fsp3) is 0.364. The lowest BCUT2D eigenvalue weighted by molar-refractivity contribution is 0.0244. The van der Waals surface area contributed by atoms with Gasteiger partial charge in [0.15, 0.2) is 0 Å². The van der Waals surface area contributed by atoms with Crippen LogP contribution < -0.4 is 5.73 Å². The number of benzene rings is 1. The van der Waals surface area contributed by atoms with Gasteiger partial charge in [0.2, 0.25) is 0 Å². The topological polar surface area (TPSA) is 84.3 Å². The summed E-state index contributed by atoms with van der Waals surface area (Å²) in [7, 11) is 1.83. The van der Waals surface area contributed by atoms with Gasteiger partial charge in [0.05, 0.1) is 17.8 Å². The van der Waals surface area contributed by atoms with Crippen LogP contribution in [0.4, 0.5) is 0 Å². The lowest BCUT2D eigenvalue weighted by atomic mass is 10.0. The van der Waals surface area contributed by atoms with Crippen molar-refractivity contribution in [1.82, 2.24) is 9.78 Å². The van der Waals surface area contributed by atoms with E-state index in [0.717, 1.165) is 10.9 Å². The van der Waals surface area contributed by atoms with Crippen LogP contribution in [0.3, 0.4) is 0 Å². The van der Waals surface area contributed by atoms with Gasteiger partial charge in [0.1, 0.15) is 6.10 Å². The van der Waals surface area contributed by atoms with Crippen LogP contribution in [0.2, 0.25) is 0 Å². The molecule has 4 N–H and O–H groups in total. The van der Waals surface area contributed by atoms with Gasteiger partial charge in [0.25, 0.3) is 0 Å². The van der Waals surface area contributed by atoms with Gasteiger partial charge in [-0.3, -0.25) is 4.68 Å². The van der Waals surface area contributed by atoms with Crippen molar-refractivity contribution in [1.29, 1.82) is 0 Å². The van der Waals surface area contributed by atoms with Gasteiger partial charge in [-0.1, -0.05) is 12.1 Å². The molecule has 0 fully saturated rings. The summed E-state index contributed by atoms with van der Waals surface area (Å²) in [5.41, 5.74) is 6.87. The molecule has 2 aromatic rings. The predicted octanol–water partition coefficient (Wildman–Crippen LogP) is -0.0737. The van der Waals surface area contributed by atoms with Crippen LogP contribution in [0.15, 0.2) is 24.4 Å². The van der Waals surface area contributed by atoms with Crippen LogP contribution in [0, 0.1) is 0 Å². The molecular weight excluding hydrogens is 206 g/mol. The molecule has 0 aliphatic heterocycles. The average molecular weight is 221 g/mol. The Morgan fingerprint density at radius 1 is 1.44 bits per heavy atom. The molecule has 0 bridgehead atoms. The molecule has 0 spiro atoms. The number of nitrogens with two attached hydrogens (primary N) is 1.